The highest BCUT2D eigenvalue weighted by atomic mass is 16.5. The van der Waals surface area contributed by atoms with Crippen molar-refractivity contribution in [1.82, 2.24) is 14.5 Å². The predicted molar refractivity (Wildman–Crippen MR) is 175 cm³/mol. The zero-order valence-electron chi connectivity index (χ0n) is 26.1. The molecule has 44 heavy (non-hydrogen) atoms. The number of methoxy groups -OCH3 is 1. The Morgan fingerprint density at radius 3 is 2.70 bits per heavy atom. The van der Waals surface area contributed by atoms with Crippen LogP contribution in [0.5, 0.6) is 0 Å². The first-order chi connectivity index (χ1) is 21.3. The number of carbonyl (C=O) groups excluding carboxylic acids is 2. The van der Waals surface area contributed by atoms with Gasteiger partial charge in [0.05, 0.1) is 17.5 Å². The third-order valence-electron chi connectivity index (χ3n) is 9.26. The van der Waals surface area contributed by atoms with Gasteiger partial charge in [0, 0.05) is 64.5 Å². The van der Waals surface area contributed by atoms with Gasteiger partial charge in [-0.15, -0.1) is 0 Å². The van der Waals surface area contributed by atoms with E-state index < -0.39 is 0 Å². The van der Waals surface area contributed by atoms with Crippen LogP contribution in [0.4, 0.5) is 5.69 Å². The highest BCUT2D eigenvalue weighted by Gasteiger charge is 2.29. The zero-order valence-corrected chi connectivity index (χ0v) is 26.1. The molecule has 3 heterocycles. The number of carbonyl (C=O) groups is 2. The molecule has 0 bridgehead atoms. The minimum Gasteiger partial charge on any atom is -0.385 e. The van der Waals surface area contributed by atoms with E-state index in [9.17, 15) is 9.59 Å². The van der Waals surface area contributed by atoms with Crippen molar-refractivity contribution in [3.63, 3.8) is 0 Å². The van der Waals surface area contributed by atoms with Crippen molar-refractivity contribution in [1.29, 1.82) is 0 Å². The number of nitrogens with two attached hydrogens (primary N) is 1. The number of amides is 2. The van der Waals surface area contributed by atoms with Crippen LogP contribution in [-0.2, 0) is 33.7 Å². The van der Waals surface area contributed by atoms with Gasteiger partial charge in [-0.1, -0.05) is 42.5 Å². The molecule has 0 radical (unpaired) electrons. The van der Waals surface area contributed by atoms with Crippen LogP contribution in [0, 0.1) is 6.92 Å². The monoisotopic (exact) mass is 593 g/mol. The van der Waals surface area contributed by atoms with E-state index in [-0.39, 0.29) is 23.8 Å². The van der Waals surface area contributed by atoms with Crippen molar-refractivity contribution in [2.45, 2.75) is 64.0 Å². The molecule has 1 aromatic heterocycles. The second-order valence-corrected chi connectivity index (χ2v) is 12.4. The number of ether oxygens (including phenoxy) is 1. The summed E-state index contributed by atoms with van der Waals surface area (Å²) >= 11 is 0. The lowest BCUT2D eigenvalue weighted by Gasteiger charge is -2.33. The summed E-state index contributed by atoms with van der Waals surface area (Å²) in [5.74, 6) is 1.52. The Labute approximate surface area is 259 Å². The molecule has 1 fully saturated rings. The number of rotatable bonds is 10. The molecule has 2 aliphatic heterocycles. The third kappa shape index (κ3) is 6.14. The minimum atomic E-state index is -0.253. The minimum absolute atomic E-state index is 0.120. The number of hydrogen-bond acceptors (Lipinski definition) is 5. The number of aryl methyl sites for hydroxylation is 2. The number of anilines is 1. The fraction of sp³-hybridized carbons (Fsp3) is 0.417. The third-order valence-corrected chi connectivity index (χ3v) is 9.26. The lowest BCUT2D eigenvalue weighted by atomic mass is 9.95. The van der Waals surface area contributed by atoms with E-state index in [0.717, 1.165) is 77.2 Å². The Hall–Kier alpha value is -4.01. The van der Waals surface area contributed by atoms with E-state index in [1.165, 1.54) is 5.56 Å². The number of likely N-dealkylation sites (N-methyl/N-ethyl adjacent to an activating group) is 1. The first kappa shape index (κ1) is 30.0. The smallest absolute Gasteiger partial charge is 0.231 e. The average molecular weight is 594 g/mol. The second kappa shape index (κ2) is 12.9. The Balaban J connectivity index is 1.08. The van der Waals surface area contributed by atoms with E-state index in [2.05, 4.69) is 66.1 Å². The maximum absolute atomic E-state index is 13.5. The second-order valence-electron chi connectivity index (χ2n) is 12.4. The van der Waals surface area contributed by atoms with E-state index in [0.29, 0.717) is 32.4 Å². The Bertz CT molecular complexity index is 1660. The fourth-order valence-electron chi connectivity index (χ4n) is 6.84. The molecule has 2 N–H and O–H groups in total. The summed E-state index contributed by atoms with van der Waals surface area (Å²) in [5.41, 5.74) is 15.3. The number of benzene rings is 3. The molecule has 230 valence electrons. The van der Waals surface area contributed by atoms with Gasteiger partial charge >= 0.3 is 0 Å². The largest absolute Gasteiger partial charge is 0.385 e. The van der Waals surface area contributed by atoms with Crippen LogP contribution in [-0.4, -0.2) is 66.2 Å². The van der Waals surface area contributed by atoms with Crippen LogP contribution in [0.25, 0.3) is 22.2 Å². The highest BCUT2D eigenvalue weighted by molar-refractivity contribution is 6.01. The van der Waals surface area contributed by atoms with E-state index in [1.54, 1.807) is 12.0 Å². The Kier molecular flexibility index (Phi) is 8.82. The molecular formula is C36H43N5O3. The van der Waals surface area contributed by atoms with Gasteiger partial charge in [-0.3, -0.25) is 9.59 Å². The molecular weight excluding hydrogens is 550 g/mol. The standard InChI is InChI=1S/C36H43N5O3/c1-24-7-4-9-32-35(24)38-36(41(32)17-6-18-44-3)28-8-5-16-40(23-28)34(43)22-30(37)19-25-10-12-26(13-11-25)27-14-15-31-29(20-27)21-33(42)39(31)2/h4,7,9-15,20,28,30H,5-6,8,16-19,21-23,37H2,1-3H3. The Morgan fingerprint density at radius 1 is 1.11 bits per heavy atom. The molecule has 2 aliphatic rings. The lowest BCUT2D eigenvalue weighted by molar-refractivity contribution is -0.132. The average Bonchev–Trinajstić information content (AvgIpc) is 3.54. The maximum atomic E-state index is 13.5. The molecule has 8 nitrogen and oxygen atoms in total. The number of nitrogens with zero attached hydrogens (tertiary/aromatic N) is 4. The quantitative estimate of drug-likeness (QED) is 0.254. The summed E-state index contributed by atoms with van der Waals surface area (Å²) < 4.78 is 7.67. The lowest BCUT2D eigenvalue weighted by Crippen LogP contribution is -2.42. The molecule has 1 saturated heterocycles. The Morgan fingerprint density at radius 2 is 1.91 bits per heavy atom. The topological polar surface area (TPSA) is 93.7 Å². The van der Waals surface area contributed by atoms with Gasteiger partial charge in [-0.05, 0) is 78.6 Å². The van der Waals surface area contributed by atoms with Crippen LogP contribution >= 0.6 is 0 Å². The molecule has 2 atom stereocenters. The number of fused-ring (bicyclic) bond motifs is 2. The number of para-hydroxylation sites is 1. The SMILES string of the molecule is COCCCn1c(C2CCCN(C(=O)CC(N)Cc3ccc(-c4ccc5c(c4)CC(=O)N5C)cc3)C2)nc2c(C)cccc21. The van der Waals surface area contributed by atoms with E-state index >= 15 is 0 Å². The number of hydrogen-bond donors (Lipinski definition) is 1. The van der Waals surface area contributed by atoms with Crippen molar-refractivity contribution >= 4 is 28.5 Å². The molecule has 4 aromatic rings. The summed E-state index contributed by atoms with van der Waals surface area (Å²) in [6.07, 6.45) is 4.31. The van der Waals surface area contributed by atoms with Crippen molar-refractivity contribution in [3.8, 4) is 11.1 Å². The summed E-state index contributed by atoms with van der Waals surface area (Å²) in [6.45, 7) is 5.10. The van der Waals surface area contributed by atoms with Crippen molar-refractivity contribution in [2.24, 2.45) is 5.73 Å². The van der Waals surface area contributed by atoms with Gasteiger partial charge in [0.25, 0.3) is 0 Å². The number of likely N-dealkylation sites (tertiary alicyclic amines) is 1. The van der Waals surface area contributed by atoms with E-state index in [4.69, 9.17) is 15.5 Å². The summed E-state index contributed by atoms with van der Waals surface area (Å²) in [5, 5.41) is 0. The fourth-order valence-corrected chi connectivity index (χ4v) is 6.84. The van der Waals surface area contributed by atoms with Gasteiger partial charge in [0.1, 0.15) is 5.82 Å². The molecule has 2 unspecified atom stereocenters. The molecule has 2 amide bonds. The van der Waals surface area contributed by atoms with E-state index in [1.807, 2.05) is 18.0 Å². The van der Waals surface area contributed by atoms with Crippen LogP contribution in [0.2, 0.25) is 0 Å². The van der Waals surface area contributed by atoms with Crippen LogP contribution < -0.4 is 10.6 Å². The number of imidazole rings is 1. The predicted octanol–water partition coefficient (Wildman–Crippen LogP) is 5.23. The van der Waals surface area contributed by atoms with Crippen molar-refractivity contribution in [2.75, 3.05) is 38.8 Å². The van der Waals surface area contributed by atoms with Gasteiger partial charge in [-0.25, -0.2) is 4.98 Å². The highest BCUT2D eigenvalue weighted by Crippen LogP contribution is 2.33. The first-order valence-corrected chi connectivity index (χ1v) is 15.8. The van der Waals surface area contributed by atoms with Crippen LogP contribution in [0.1, 0.15) is 54.1 Å². The summed E-state index contributed by atoms with van der Waals surface area (Å²) in [6, 6.07) is 20.7. The summed E-state index contributed by atoms with van der Waals surface area (Å²) in [4.78, 5) is 34.4. The van der Waals surface area contributed by atoms with Gasteiger partial charge in [0.15, 0.2) is 0 Å². The first-order valence-electron chi connectivity index (χ1n) is 15.8. The van der Waals surface area contributed by atoms with Gasteiger partial charge < -0.3 is 24.8 Å². The maximum Gasteiger partial charge on any atom is 0.231 e. The van der Waals surface area contributed by atoms with Crippen LogP contribution in [0.15, 0.2) is 60.7 Å². The molecule has 6 rings (SSSR count). The zero-order chi connectivity index (χ0) is 30.8. The molecule has 0 aliphatic carbocycles. The number of piperidine rings is 1. The van der Waals surface area contributed by atoms with Crippen LogP contribution in [0.3, 0.4) is 0 Å². The van der Waals surface area contributed by atoms with Crippen molar-refractivity contribution < 1.29 is 14.3 Å². The molecule has 0 spiro atoms. The molecule has 3 aromatic carbocycles. The number of aromatic nitrogens is 2. The molecule has 8 heteroatoms. The summed E-state index contributed by atoms with van der Waals surface area (Å²) in [7, 11) is 3.56. The normalized spacial score (nSPS) is 17.4. The van der Waals surface area contributed by atoms with Gasteiger partial charge in [0.2, 0.25) is 11.8 Å². The van der Waals surface area contributed by atoms with Crippen molar-refractivity contribution in [3.05, 3.63) is 83.2 Å². The van der Waals surface area contributed by atoms with Gasteiger partial charge in [-0.2, -0.15) is 0 Å². The molecule has 0 saturated carbocycles.